The zero-order valence-corrected chi connectivity index (χ0v) is 10.7. The molecule has 0 unspecified atom stereocenters. The standard InChI is InChI=1S/C12H15N3O2S/c13-12(18)15(14-6-8-17-9-7-14)11(16)10-4-2-1-3-5-10/h1-5H,6-9H2,(H2,13,18). The van der Waals surface area contributed by atoms with Gasteiger partial charge in [-0.3, -0.25) is 4.79 Å². The van der Waals surface area contributed by atoms with Gasteiger partial charge in [0.15, 0.2) is 5.11 Å². The predicted molar refractivity (Wildman–Crippen MR) is 71.8 cm³/mol. The maximum absolute atomic E-state index is 12.4. The van der Waals surface area contributed by atoms with Crippen molar-refractivity contribution in [2.45, 2.75) is 0 Å². The zero-order chi connectivity index (χ0) is 13.0. The fourth-order valence-corrected chi connectivity index (χ4v) is 2.02. The van der Waals surface area contributed by atoms with Crippen LogP contribution in [-0.4, -0.2) is 47.3 Å². The van der Waals surface area contributed by atoms with E-state index in [1.165, 1.54) is 5.01 Å². The molecule has 0 saturated carbocycles. The molecule has 5 nitrogen and oxygen atoms in total. The smallest absolute Gasteiger partial charge is 0.274 e. The van der Waals surface area contributed by atoms with E-state index in [0.717, 1.165) is 0 Å². The third-order valence-electron chi connectivity index (χ3n) is 2.69. The van der Waals surface area contributed by atoms with Crippen LogP contribution in [0.1, 0.15) is 10.4 Å². The second-order valence-electron chi connectivity index (χ2n) is 3.89. The first kappa shape index (κ1) is 12.9. The van der Waals surface area contributed by atoms with E-state index in [9.17, 15) is 4.79 Å². The Morgan fingerprint density at radius 3 is 2.44 bits per heavy atom. The van der Waals surface area contributed by atoms with E-state index in [2.05, 4.69) is 0 Å². The second kappa shape index (κ2) is 5.90. The van der Waals surface area contributed by atoms with Gasteiger partial charge in [-0.05, 0) is 24.4 Å². The highest BCUT2D eigenvalue weighted by atomic mass is 32.1. The summed E-state index contributed by atoms with van der Waals surface area (Å²) in [6.45, 7) is 2.36. The van der Waals surface area contributed by atoms with Crippen molar-refractivity contribution in [1.29, 1.82) is 0 Å². The highest BCUT2D eigenvalue weighted by Crippen LogP contribution is 2.10. The molecule has 1 heterocycles. The molecule has 0 spiro atoms. The average Bonchev–Trinajstić information content (AvgIpc) is 2.40. The highest BCUT2D eigenvalue weighted by molar-refractivity contribution is 7.80. The van der Waals surface area contributed by atoms with Gasteiger partial charge in [0.25, 0.3) is 5.91 Å². The number of nitrogens with two attached hydrogens (primary N) is 1. The van der Waals surface area contributed by atoms with Crippen LogP contribution >= 0.6 is 12.2 Å². The summed E-state index contributed by atoms with van der Waals surface area (Å²) in [5, 5.41) is 3.24. The van der Waals surface area contributed by atoms with Gasteiger partial charge >= 0.3 is 0 Å². The molecule has 2 rings (SSSR count). The summed E-state index contributed by atoms with van der Waals surface area (Å²) < 4.78 is 5.25. The van der Waals surface area contributed by atoms with Crippen molar-refractivity contribution in [3.63, 3.8) is 0 Å². The minimum absolute atomic E-state index is 0.0609. The van der Waals surface area contributed by atoms with Crippen LogP contribution in [-0.2, 0) is 4.74 Å². The molecule has 1 aromatic rings. The lowest BCUT2D eigenvalue weighted by molar-refractivity contribution is -0.0375. The molecule has 0 atom stereocenters. The Labute approximate surface area is 111 Å². The van der Waals surface area contributed by atoms with Gasteiger partial charge in [-0.25, -0.2) is 10.0 Å². The van der Waals surface area contributed by atoms with E-state index < -0.39 is 0 Å². The van der Waals surface area contributed by atoms with Gasteiger partial charge in [0.2, 0.25) is 0 Å². The quantitative estimate of drug-likeness (QED) is 0.794. The lowest BCUT2D eigenvalue weighted by Gasteiger charge is -2.35. The number of nitrogens with zero attached hydrogens (tertiary/aromatic N) is 2. The van der Waals surface area contributed by atoms with Crippen LogP contribution in [0.25, 0.3) is 0 Å². The normalized spacial score (nSPS) is 16.2. The van der Waals surface area contributed by atoms with Crippen LogP contribution in [0, 0.1) is 0 Å². The van der Waals surface area contributed by atoms with Crippen molar-refractivity contribution in [2.24, 2.45) is 5.73 Å². The van der Waals surface area contributed by atoms with Crippen molar-refractivity contribution in [2.75, 3.05) is 26.3 Å². The summed E-state index contributed by atoms with van der Waals surface area (Å²) in [7, 11) is 0. The Morgan fingerprint density at radius 1 is 1.28 bits per heavy atom. The van der Waals surface area contributed by atoms with Gasteiger partial charge in [0.1, 0.15) is 0 Å². The topological polar surface area (TPSA) is 58.8 Å². The molecule has 1 aliphatic rings. The maximum atomic E-state index is 12.4. The van der Waals surface area contributed by atoms with E-state index in [1.54, 1.807) is 12.1 Å². The van der Waals surface area contributed by atoms with Crippen LogP contribution in [0.2, 0.25) is 0 Å². The molecular weight excluding hydrogens is 250 g/mol. The van der Waals surface area contributed by atoms with Crippen LogP contribution in [0.4, 0.5) is 0 Å². The van der Waals surface area contributed by atoms with Crippen LogP contribution in [0.15, 0.2) is 30.3 Å². The number of thiocarbonyl (C=S) groups is 1. The van der Waals surface area contributed by atoms with Crippen molar-refractivity contribution >= 4 is 23.2 Å². The van der Waals surface area contributed by atoms with E-state index in [1.807, 2.05) is 23.2 Å². The summed E-state index contributed by atoms with van der Waals surface area (Å²) in [5.74, 6) is -0.204. The Morgan fingerprint density at radius 2 is 1.89 bits per heavy atom. The number of hydrogen-bond acceptors (Lipinski definition) is 4. The van der Waals surface area contributed by atoms with Gasteiger partial charge in [-0.2, -0.15) is 0 Å². The Kier molecular flexibility index (Phi) is 4.24. The third-order valence-corrected chi connectivity index (χ3v) is 2.87. The molecular formula is C12H15N3O2S. The molecule has 0 radical (unpaired) electrons. The molecule has 96 valence electrons. The van der Waals surface area contributed by atoms with Gasteiger partial charge in [0, 0.05) is 18.7 Å². The SMILES string of the molecule is NC(=S)N(C(=O)c1ccccc1)N1CCOCC1. The molecule has 1 amide bonds. The summed E-state index contributed by atoms with van der Waals surface area (Å²) in [6, 6.07) is 8.97. The minimum atomic E-state index is -0.204. The molecule has 18 heavy (non-hydrogen) atoms. The average molecular weight is 265 g/mol. The molecule has 0 bridgehead atoms. The van der Waals surface area contributed by atoms with E-state index in [4.69, 9.17) is 22.7 Å². The first-order chi connectivity index (χ1) is 8.70. The molecule has 2 N–H and O–H groups in total. The summed E-state index contributed by atoms with van der Waals surface area (Å²) >= 11 is 4.97. The number of carbonyl (C=O) groups excluding carboxylic acids is 1. The molecule has 6 heteroatoms. The highest BCUT2D eigenvalue weighted by Gasteiger charge is 2.26. The lowest BCUT2D eigenvalue weighted by atomic mass is 10.2. The monoisotopic (exact) mass is 265 g/mol. The molecule has 1 fully saturated rings. The summed E-state index contributed by atoms with van der Waals surface area (Å²) in [4.78, 5) is 12.4. The maximum Gasteiger partial charge on any atom is 0.274 e. The third kappa shape index (κ3) is 2.84. The Hall–Kier alpha value is -1.50. The Bertz CT molecular complexity index is 432. The molecule has 0 aliphatic carbocycles. The van der Waals surface area contributed by atoms with E-state index >= 15 is 0 Å². The molecule has 1 saturated heterocycles. The number of ether oxygens (including phenoxy) is 1. The lowest BCUT2D eigenvalue weighted by Crippen LogP contribution is -2.55. The van der Waals surface area contributed by atoms with Gasteiger partial charge in [0.05, 0.1) is 13.2 Å². The van der Waals surface area contributed by atoms with Crippen LogP contribution < -0.4 is 5.73 Å². The number of hydrogen-bond donors (Lipinski definition) is 1. The minimum Gasteiger partial charge on any atom is -0.379 e. The molecule has 0 aromatic heterocycles. The number of rotatable bonds is 2. The van der Waals surface area contributed by atoms with Crippen molar-refractivity contribution < 1.29 is 9.53 Å². The number of benzene rings is 1. The summed E-state index contributed by atoms with van der Waals surface area (Å²) in [5.41, 5.74) is 6.23. The van der Waals surface area contributed by atoms with Gasteiger partial charge in [-0.1, -0.05) is 18.2 Å². The molecule has 1 aromatic carbocycles. The number of amides is 1. The first-order valence-corrected chi connectivity index (χ1v) is 6.12. The predicted octanol–water partition coefficient (Wildman–Crippen LogP) is 0.620. The van der Waals surface area contributed by atoms with E-state index in [-0.39, 0.29) is 11.0 Å². The first-order valence-electron chi connectivity index (χ1n) is 5.71. The fraction of sp³-hybridized carbons (Fsp3) is 0.333. The fourth-order valence-electron chi connectivity index (χ4n) is 1.82. The van der Waals surface area contributed by atoms with Gasteiger partial charge in [-0.15, -0.1) is 0 Å². The van der Waals surface area contributed by atoms with Crippen molar-refractivity contribution in [3.05, 3.63) is 35.9 Å². The van der Waals surface area contributed by atoms with Crippen molar-refractivity contribution in [1.82, 2.24) is 10.0 Å². The van der Waals surface area contributed by atoms with Gasteiger partial charge < -0.3 is 10.5 Å². The number of morpholine rings is 1. The summed E-state index contributed by atoms with van der Waals surface area (Å²) in [6.07, 6.45) is 0. The second-order valence-corrected chi connectivity index (χ2v) is 4.31. The van der Waals surface area contributed by atoms with Crippen LogP contribution in [0.5, 0.6) is 0 Å². The number of carbonyl (C=O) groups is 1. The largest absolute Gasteiger partial charge is 0.379 e. The Balaban J connectivity index is 2.19. The van der Waals surface area contributed by atoms with Crippen molar-refractivity contribution in [3.8, 4) is 0 Å². The van der Waals surface area contributed by atoms with Crippen LogP contribution in [0.3, 0.4) is 0 Å². The zero-order valence-electron chi connectivity index (χ0n) is 9.91. The van der Waals surface area contributed by atoms with E-state index in [0.29, 0.717) is 31.9 Å². The number of hydrazine groups is 1. The molecule has 1 aliphatic heterocycles.